The lowest BCUT2D eigenvalue weighted by molar-refractivity contribution is 0.138. The van der Waals surface area contributed by atoms with Crippen molar-refractivity contribution in [2.45, 2.75) is 19.1 Å². The molecule has 8 heteroatoms. The number of rotatable bonds is 6. The van der Waals surface area contributed by atoms with Gasteiger partial charge < -0.3 is 25.3 Å². The summed E-state index contributed by atoms with van der Waals surface area (Å²) in [7, 11) is 1.63. The van der Waals surface area contributed by atoms with Gasteiger partial charge in [-0.15, -0.1) is 24.0 Å². The third-order valence-electron chi connectivity index (χ3n) is 3.77. The molecular weight excluding hydrogens is 447 g/mol. The molecule has 1 saturated heterocycles. The molecule has 0 radical (unpaired) electrons. The van der Waals surface area contributed by atoms with Crippen molar-refractivity contribution in [3.8, 4) is 11.6 Å². The predicted molar refractivity (Wildman–Crippen MR) is 111 cm³/mol. The van der Waals surface area contributed by atoms with Crippen LogP contribution in [0.2, 0.25) is 0 Å². The molecule has 3 N–H and O–H groups in total. The molecule has 1 aliphatic heterocycles. The third-order valence-corrected chi connectivity index (χ3v) is 3.77. The van der Waals surface area contributed by atoms with Crippen molar-refractivity contribution in [1.29, 1.82) is 0 Å². The van der Waals surface area contributed by atoms with Gasteiger partial charge in [0.1, 0.15) is 11.9 Å². The average Bonchev–Trinajstić information content (AvgIpc) is 3.14. The second kappa shape index (κ2) is 10.2. The van der Waals surface area contributed by atoms with E-state index in [-0.39, 0.29) is 30.1 Å². The molecule has 1 fully saturated rings. The zero-order valence-electron chi connectivity index (χ0n) is 14.6. The Morgan fingerprint density at radius 1 is 1.35 bits per heavy atom. The first-order valence-electron chi connectivity index (χ1n) is 8.13. The number of nitrogens with two attached hydrogens (primary N) is 1. The largest absolute Gasteiger partial charge is 0.497 e. The minimum Gasteiger partial charge on any atom is -0.497 e. The van der Waals surface area contributed by atoms with Gasteiger partial charge >= 0.3 is 0 Å². The molecule has 7 nitrogen and oxygen atoms in total. The summed E-state index contributed by atoms with van der Waals surface area (Å²) in [5.74, 6) is 1.72. The average molecular weight is 470 g/mol. The van der Waals surface area contributed by atoms with Gasteiger partial charge in [-0.1, -0.05) is 0 Å². The molecule has 3 rings (SSSR count). The Balaban J connectivity index is 0.00000243. The highest BCUT2D eigenvalue weighted by Gasteiger charge is 2.17. The second-order valence-electron chi connectivity index (χ2n) is 5.66. The molecule has 1 aliphatic rings. The van der Waals surface area contributed by atoms with E-state index in [1.165, 1.54) is 0 Å². The van der Waals surface area contributed by atoms with Crippen LogP contribution < -0.4 is 20.5 Å². The molecule has 0 amide bonds. The molecule has 0 bridgehead atoms. The number of ether oxygens (including phenoxy) is 3. The molecule has 2 heterocycles. The fourth-order valence-corrected chi connectivity index (χ4v) is 2.43. The van der Waals surface area contributed by atoms with E-state index in [0.29, 0.717) is 25.0 Å². The van der Waals surface area contributed by atoms with E-state index in [9.17, 15) is 0 Å². The Bertz CT molecular complexity index is 719. The lowest BCUT2D eigenvalue weighted by Gasteiger charge is -2.11. The summed E-state index contributed by atoms with van der Waals surface area (Å²) in [4.78, 5) is 8.58. The maximum absolute atomic E-state index is 5.94. The lowest BCUT2D eigenvalue weighted by atomic mass is 10.2. The van der Waals surface area contributed by atoms with E-state index in [1.807, 2.05) is 36.4 Å². The lowest BCUT2D eigenvalue weighted by Crippen LogP contribution is -2.22. The van der Waals surface area contributed by atoms with Gasteiger partial charge in [0.15, 0.2) is 5.96 Å². The third kappa shape index (κ3) is 6.03. The van der Waals surface area contributed by atoms with Crippen LogP contribution in [0.3, 0.4) is 0 Å². The highest BCUT2D eigenvalue weighted by atomic mass is 127. The smallest absolute Gasteiger partial charge is 0.213 e. The standard InChI is InChI=1S/C18H22N4O3.HI/c1-23-15-4-2-14(3-5-15)22-18(19)21-11-13-6-8-20-17(10-13)25-16-7-9-24-12-16;/h2-6,8,10,16H,7,9,11-12H2,1H3,(H3,19,21,22);1H. The number of nitrogens with one attached hydrogen (secondary N) is 1. The zero-order valence-corrected chi connectivity index (χ0v) is 16.9. The van der Waals surface area contributed by atoms with Gasteiger partial charge in [0.2, 0.25) is 5.88 Å². The van der Waals surface area contributed by atoms with Gasteiger partial charge in [-0.05, 0) is 35.9 Å². The van der Waals surface area contributed by atoms with E-state index >= 15 is 0 Å². The Labute approximate surface area is 170 Å². The zero-order chi connectivity index (χ0) is 17.5. The van der Waals surface area contributed by atoms with Crippen LogP contribution in [0.25, 0.3) is 0 Å². The van der Waals surface area contributed by atoms with Crippen molar-refractivity contribution in [1.82, 2.24) is 4.98 Å². The van der Waals surface area contributed by atoms with Crippen LogP contribution in [0.15, 0.2) is 47.6 Å². The normalized spacial score (nSPS) is 16.7. The maximum Gasteiger partial charge on any atom is 0.213 e. The first-order chi connectivity index (χ1) is 12.2. The fourth-order valence-electron chi connectivity index (χ4n) is 2.43. The van der Waals surface area contributed by atoms with Gasteiger partial charge in [-0.3, -0.25) is 0 Å². The highest BCUT2D eigenvalue weighted by molar-refractivity contribution is 14.0. The molecule has 0 spiro atoms. The van der Waals surface area contributed by atoms with Gasteiger partial charge in [0.25, 0.3) is 0 Å². The molecule has 140 valence electrons. The van der Waals surface area contributed by atoms with E-state index in [1.54, 1.807) is 13.3 Å². The quantitative estimate of drug-likeness (QED) is 0.384. The minimum atomic E-state index is 0. The molecule has 0 aliphatic carbocycles. The Morgan fingerprint density at radius 3 is 2.85 bits per heavy atom. The van der Waals surface area contributed by atoms with Crippen LogP contribution in [0, 0.1) is 0 Å². The topological polar surface area (TPSA) is 91.0 Å². The Morgan fingerprint density at radius 2 is 2.15 bits per heavy atom. The number of benzene rings is 1. The van der Waals surface area contributed by atoms with Crippen molar-refractivity contribution < 1.29 is 14.2 Å². The summed E-state index contributed by atoms with van der Waals surface area (Å²) in [6.45, 7) is 1.79. The summed E-state index contributed by atoms with van der Waals surface area (Å²) in [6, 6.07) is 11.2. The molecule has 1 aromatic carbocycles. The molecule has 1 aromatic heterocycles. The van der Waals surface area contributed by atoms with Crippen LogP contribution >= 0.6 is 24.0 Å². The molecule has 26 heavy (non-hydrogen) atoms. The predicted octanol–water partition coefficient (Wildman–Crippen LogP) is 2.80. The summed E-state index contributed by atoms with van der Waals surface area (Å²) < 4.78 is 16.2. The highest BCUT2D eigenvalue weighted by Crippen LogP contribution is 2.17. The fraction of sp³-hybridized carbons (Fsp3) is 0.333. The molecule has 0 saturated carbocycles. The number of aromatic nitrogens is 1. The van der Waals surface area contributed by atoms with Crippen molar-refractivity contribution in [2.24, 2.45) is 10.7 Å². The molecular formula is C18H23IN4O3. The molecule has 2 aromatic rings. The van der Waals surface area contributed by atoms with Gasteiger partial charge in [0, 0.05) is 24.4 Å². The van der Waals surface area contributed by atoms with Gasteiger partial charge in [-0.25, -0.2) is 9.98 Å². The van der Waals surface area contributed by atoms with Crippen molar-refractivity contribution >= 4 is 35.6 Å². The first-order valence-corrected chi connectivity index (χ1v) is 8.13. The number of aliphatic imine (C=N–C) groups is 1. The van der Waals surface area contributed by atoms with Crippen LogP contribution in [-0.2, 0) is 11.3 Å². The SMILES string of the molecule is COc1ccc(NC(N)=NCc2ccnc(OC3CCOC3)c2)cc1.I. The van der Waals surface area contributed by atoms with Crippen molar-refractivity contribution in [3.63, 3.8) is 0 Å². The van der Waals surface area contributed by atoms with Gasteiger partial charge in [-0.2, -0.15) is 0 Å². The maximum atomic E-state index is 5.94. The molecule has 1 unspecified atom stereocenters. The number of hydrogen-bond acceptors (Lipinski definition) is 5. The van der Waals surface area contributed by atoms with E-state index in [0.717, 1.165) is 30.0 Å². The van der Waals surface area contributed by atoms with Crippen molar-refractivity contribution in [3.05, 3.63) is 48.2 Å². The monoisotopic (exact) mass is 470 g/mol. The van der Waals surface area contributed by atoms with Crippen molar-refractivity contribution in [2.75, 3.05) is 25.6 Å². The van der Waals surface area contributed by atoms with Crippen LogP contribution in [0.1, 0.15) is 12.0 Å². The number of hydrogen-bond donors (Lipinski definition) is 2. The summed E-state index contributed by atoms with van der Waals surface area (Å²) in [6.07, 6.45) is 2.68. The Kier molecular flexibility index (Phi) is 7.92. The summed E-state index contributed by atoms with van der Waals surface area (Å²) in [5, 5.41) is 3.05. The van der Waals surface area contributed by atoms with Crippen LogP contribution in [0.5, 0.6) is 11.6 Å². The number of anilines is 1. The number of nitrogens with zero attached hydrogens (tertiary/aromatic N) is 2. The minimum absolute atomic E-state index is 0. The van der Waals surface area contributed by atoms with E-state index in [2.05, 4.69) is 15.3 Å². The first kappa shape index (κ1) is 20.2. The number of guanidine groups is 1. The van der Waals surface area contributed by atoms with Gasteiger partial charge in [0.05, 0.1) is 26.9 Å². The molecule has 1 atom stereocenters. The Hall–Kier alpha value is -2.07. The van der Waals surface area contributed by atoms with E-state index in [4.69, 9.17) is 19.9 Å². The number of pyridine rings is 1. The summed E-state index contributed by atoms with van der Waals surface area (Å²) >= 11 is 0. The van der Waals surface area contributed by atoms with E-state index < -0.39 is 0 Å². The second-order valence-corrected chi connectivity index (χ2v) is 5.66. The van der Waals surface area contributed by atoms with Crippen LogP contribution in [0.4, 0.5) is 5.69 Å². The number of halogens is 1. The number of methoxy groups -OCH3 is 1. The summed E-state index contributed by atoms with van der Waals surface area (Å²) in [5.41, 5.74) is 7.76. The van der Waals surface area contributed by atoms with Crippen LogP contribution in [-0.4, -0.2) is 37.4 Å².